The summed E-state index contributed by atoms with van der Waals surface area (Å²) in [5.74, 6) is 0.278. The summed E-state index contributed by atoms with van der Waals surface area (Å²) >= 11 is 5.83. The molecule has 0 atom stereocenters. The van der Waals surface area contributed by atoms with Crippen LogP contribution in [0, 0.1) is 0 Å². The highest BCUT2D eigenvalue weighted by Gasteiger charge is 2.32. The second-order valence-corrected chi connectivity index (χ2v) is 4.24. The quantitative estimate of drug-likeness (QED) is 0.927. The topological polar surface area (TPSA) is 55.0 Å². The van der Waals surface area contributed by atoms with Crippen LogP contribution < -0.4 is 10.4 Å². The number of halogens is 4. The van der Waals surface area contributed by atoms with Gasteiger partial charge in [0.2, 0.25) is 0 Å². The molecule has 0 amide bonds. The van der Waals surface area contributed by atoms with Gasteiger partial charge in [-0.1, -0.05) is 17.7 Å². The number of aromatic nitrogens is 2. The van der Waals surface area contributed by atoms with Gasteiger partial charge in [0.15, 0.2) is 0 Å². The lowest BCUT2D eigenvalue weighted by Crippen LogP contribution is -2.19. The van der Waals surface area contributed by atoms with E-state index in [1.165, 1.54) is 25.3 Å². The Morgan fingerprint density at radius 1 is 1.30 bits per heavy atom. The monoisotopic (exact) mass is 304 g/mol. The van der Waals surface area contributed by atoms with Gasteiger partial charge in [0, 0.05) is 5.56 Å². The van der Waals surface area contributed by atoms with Crippen LogP contribution in [0.4, 0.5) is 13.2 Å². The number of methoxy groups -OCH3 is 1. The number of H-pyrrole nitrogens is 1. The van der Waals surface area contributed by atoms with Crippen LogP contribution in [0.25, 0.3) is 11.3 Å². The third-order valence-corrected chi connectivity index (χ3v) is 2.81. The Kier molecular flexibility index (Phi) is 3.71. The number of hydrogen-bond acceptors (Lipinski definition) is 3. The van der Waals surface area contributed by atoms with E-state index in [4.69, 9.17) is 16.3 Å². The van der Waals surface area contributed by atoms with Gasteiger partial charge in [-0.05, 0) is 18.2 Å². The van der Waals surface area contributed by atoms with E-state index in [1.807, 2.05) is 0 Å². The molecule has 0 saturated heterocycles. The minimum absolute atomic E-state index is 0.115. The van der Waals surface area contributed by atoms with E-state index in [0.717, 1.165) is 6.07 Å². The molecule has 2 rings (SSSR count). The zero-order valence-electron chi connectivity index (χ0n) is 10.1. The van der Waals surface area contributed by atoms with Crippen molar-refractivity contribution in [2.45, 2.75) is 6.18 Å². The lowest BCUT2D eigenvalue weighted by molar-refractivity contribution is -0.141. The summed E-state index contributed by atoms with van der Waals surface area (Å²) < 4.78 is 42.9. The Bertz CT molecular complexity index is 698. The summed E-state index contributed by atoms with van der Waals surface area (Å²) in [7, 11) is 1.37. The first-order chi connectivity index (χ1) is 9.31. The van der Waals surface area contributed by atoms with Crippen molar-refractivity contribution in [2.75, 3.05) is 7.11 Å². The van der Waals surface area contributed by atoms with Crippen molar-refractivity contribution < 1.29 is 17.9 Å². The Morgan fingerprint density at radius 2 is 2.00 bits per heavy atom. The molecular formula is C12H8ClF3N2O2. The molecule has 106 valence electrons. The first-order valence-corrected chi connectivity index (χ1v) is 5.71. The lowest BCUT2D eigenvalue weighted by atomic mass is 10.1. The molecule has 0 saturated carbocycles. The fraction of sp³-hybridized carbons (Fsp3) is 0.167. The summed E-state index contributed by atoms with van der Waals surface area (Å²) in [5, 5.41) is 0.303. The summed E-state index contributed by atoms with van der Waals surface area (Å²) in [5.41, 5.74) is -2.07. The Hall–Kier alpha value is -2.02. The van der Waals surface area contributed by atoms with Crippen LogP contribution in [0.1, 0.15) is 5.69 Å². The first-order valence-electron chi connectivity index (χ1n) is 5.34. The van der Waals surface area contributed by atoms with Crippen LogP contribution in [0.5, 0.6) is 5.75 Å². The van der Waals surface area contributed by atoms with Crippen LogP contribution in [-0.4, -0.2) is 17.1 Å². The van der Waals surface area contributed by atoms with Crippen molar-refractivity contribution in [2.24, 2.45) is 0 Å². The third-order valence-electron chi connectivity index (χ3n) is 2.50. The smallest absolute Gasteiger partial charge is 0.431 e. The summed E-state index contributed by atoms with van der Waals surface area (Å²) in [6.45, 7) is 0. The first kappa shape index (κ1) is 14.4. The molecule has 1 aromatic carbocycles. The fourth-order valence-electron chi connectivity index (χ4n) is 1.58. The van der Waals surface area contributed by atoms with Gasteiger partial charge in [-0.25, -0.2) is 4.79 Å². The number of benzene rings is 1. The maximum Gasteiger partial charge on any atom is 0.431 e. The van der Waals surface area contributed by atoms with Gasteiger partial charge in [0.1, 0.15) is 11.4 Å². The van der Waals surface area contributed by atoms with Gasteiger partial charge in [0.05, 0.1) is 17.8 Å². The number of ether oxygens (including phenoxy) is 1. The number of nitrogens with zero attached hydrogens (tertiary/aromatic N) is 1. The Balaban J connectivity index is 2.58. The molecule has 1 heterocycles. The largest absolute Gasteiger partial charge is 0.495 e. The van der Waals surface area contributed by atoms with E-state index in [2.05, 4.69) is 4.98 Å². The van der Waals surface area contributed by atoms with Crippen LogP contribution in [-0.2, 0) is 6.18 Å². The third kappa shape index (κ3) is 2.93. The van der Waals surface area contributed by atoms with E-state index in [9.17, 15) is 18.0 Å². The lowest BCUT2D eigenvalue weighted by Gasteiger charge is -2.09. The Labute approximate surface area is 116 Å². The molecule has 0 unspecified atom stereocenters. The Morgan fingerprint density at radius 3 is 2.60 bits per heavy atom. The predicted octanol–water partition coefficient (Wildman–Crippen LogP) is 3.12. The maximum absolute atomic E-state index is 12.6. The van der Waals surface area contributed by atoms with Crippen molar-refractivity contribution in [1.82, 2.24) is 9.97 Å². The molecule has 0 fully saturated rings. The van der Waals surface area contributed by atoms with Crippen LogP contribution >= 0.6 is 11.6 Å². The predicted molar refractivity (Wildman–Crippen MR) is 66.9 cm³/mol. The van der Waals surface area contributed by atoms with E-state index in [1.54, 1.807) is 4.98 Å². The van der Waals surface area contributed by atoms with Crippen molar-refractivity contribution >= 4 is 11.6 Å². The summed E-state index contributed by atoms with van der Waals surface area (Å²) in [4.78, 5) is 16.4. The van der Waals surface area contributed by atoms with Gasteiger partial charge in [-0.2, -0.15) is 18.2 Å². The highest BCUT2D eigenvalue weighted by Crippen LogP contribution is 2.32. The van der Waals surface area contributed by atoms with E-state index >= 15 is 0 Å². The van der Waals surface area contributed by atoms with Gasteiger partial charge in [-0.15, -0.1) is 0 Å². The fourth-order valence-corrected chi connectivity index (χ4v) is 1.77. The van der Waals surface area contributed by atoms with E-state index in [0.29, 0.717) is 10.6 Å². The molecular weight excluding hydrogens is 297 g/mol. The molecule has 4 nitrogen and oxygen atoms in total. The minimum Gasteiger partial charge on any atom is -0.495 e. The summed E-state index contributed by atoms with van der Waals surface area (Å²) in [6.07, 6.45) is -4.66. The minimum atomic E-state index is -4.66. The molecule has 0 spiro atoms. The van der Waals surface area contributed by atoms with Gasteiger partial charge in [-0.3, -0.25) is 0 Å². The summed E-state index contributed by atoms with van der Waals surface area (Å²) in [6, 6.07) is 5.06. The van der Waals surface area contributed by atoms with E-state index in [-0.39, 0.29) is 11.4 Å². The zero-order valence-corrected chi connectivity index (χ0v) is 10.8. The molecule has 0 aliphatic rings. The SMILES string of the molecule is COc1cc(-c2cc(C(F)(F)F)[nH]c(=O)n2)ccc1Cl. The molecule has 8 heteroatoms. The van der Waals surface area contributed by atoms with Gasteiger partial charge in [0.25, 0.3) is 0 Å². The molecule has 0 aliphatic heterocycles. The number of alkyl halides is 3. The zero-order chi connectivity index (χ0) is 14.9. The second-order valence-electron chi connectivity index (χ2n) is 3.83. The van der Waals surface area contributed by atoms with Crippen molar-refractivity contribution in [1.29, 1.82) is 0 Å². The average Bonchev–Trinajstić information content (AvgIpc) is 2.37. The molecule has 1 N–H and O–H groups in total. The molecule has 0 bridgehead atoms. The van der Waals surface area contributed by atoms with Crippen molar-refractivity contribution in [3.8, 4) is 17.0 Å². The van der Waals surface area contributed by atoms with Crippen LogP contribution in [0.15, 0.2) is 29.1 Å². The second kappa shape index (κ2) is 5.16. The van der Waals surface area contributed by atoms with Crippen molar-refractivity contribution in [3.05, 3.63) is 45.5 Å². The standard InChI is InChI=1S/C12H8ClF3N2O2/c1-20-9-4-6(2-3-7(9)13)8-5-10(12(14,15)16)18-11(19)17-8/h2-5H,1H3,(H,17,18,19). The van der Waals surface area contributed by atoms with Gasteiger partial charge < -0.3 is 9.72 Å². The van der Waals surface area contributed by atoms with E-state index < -0.39 is 17.6 Å². The number of nitrogens with one attached hydrogen (secondary N) is 1. The van der Waals surface area contributed by atoms with Crippen LogP contribution in [0.3, 0.4) is 0 Å². The van der Waals surface area contributed by atoms with Crippen LogP contribution in [0.2, 0.25) is 5.02 Å². The van der Waals surface area contributed by atoms with Gasteiger partial charge >= 0.3 is 11.9 Å². The number of rotatable bonds is 2. The highest BCUT2D eigenvalue weighted by atomic mass is 35.5. The number of hydrogen-bond donors (Lipinski definition) is 1. The normalized spacial score (nSPS) is 11.4. The molecule has 0 aliphatic carbocycles. The molecule has 20 heavy (non-hydrogen) atoms. The highest BCUT2D eigenvalue weighted by molar-refractivity contribution is 6.32. The number of aromatic amines is 1. The maximum atomic E-state index is 12.6. The van der Waals surface area contributed by atoms with Crippen molar-refractivity contribution in [3.63, 3.8) is 0 Å². The molecule has 0 radical (unpaired) electrons. The molecule has 1 aromatic heterocycles. The molecule has 2 aromatic rings. The average molecular weight is 305 g/mol.